The number of carbonyl (C=O) groups is 2. The molecule has 5 nitrogen and oxygen atoms in total. The molecule has 0 aliphatic carbocycles. The molecule has 0 saturated carbocycles. The van der Waals surface area contributed by atoms with Crippen molar-refractivity contribution in [3.8, 4) is 11.1 Å². The van der Waals surface area contributed by atoms with E-state index in [1.165, 1.54) is 0 Å². The Kier molecular flexibility index (Phi) is 5.80. The van der Waals surface area contributed by atoms with Crippen LogP contribution in [0.5, 0.6) is 0 Å². The molecule has 4 aromatic rings. The first kappa shape index (κ1) is 19.3. The van der Waals surface area contributed by atoms with E-state index in [4.69, 9.17) is 4.74 Å². The van der Waals surface area contributed by atoms with Crippen LogP contribution in [0.25, 0.3) is 22.0 Å². The lowest BCUT2D eigenvalue weighted by Gasteiger charge is -2.12. The molecule has 0 saturated heterocycles. The number of nitrogens with zero attached hydrogens (tertiary/aromatic N) is 1. The van der Waals surface area contributed by atoms with E-state index < -0.39 is 5.97 Å². The summed E-state index contributed by atoms with van der Waals surface area (Å²) in [5.41, 5.74) is 4.10. The van der Waals surface area contributed by atoms with E-state index in [1.807, 2.05) is 84.9 Å². The van der Waals surface area contributed by atoms with Gasteiger partial charge in [-0.15, -0.1) is 0 Å². The van der Waals surface area contributed by atoms with E-state index >= 15 is 0 Å². The summed E-state index contributed by atoms with van der Waals surface area (Å²) in [6, 6.07) is 26.7. The summed E-state index contributed by atoms with van der Waals surface area (Å²) in [7, 11) is 0. The lowest BCUT2D eigenvalue weighted by Crippen LogP contribution is -2.22. The number of carbonyl (C=O) groups excluding carboxylic acids is 2. The summed E-state index contributed by atoms with van der Waals surface area (Å²) in [5.74, 6) is -0.859. The molecular weight excluding hydrogens is 376 g/mol. The summed E-state index contributed by atoms with van der Waals surface area (Å²) in [5, 5.41) is 3.79. The van der Waals surface area contributed by atoms with Crippen LogP contribution in [0.3, 0.4) is 0 Å². The number of ether oxygens (including phenoxy) is 1. The van der Waals surface area contributed by atoms with Crippen LogP contribution >= 0.6 is 0 Å². The zero-order chi connectivity index (χ0) is 20.8. The highest BCUT2D eigenvalue weighted by atomic mass is 16.5. The maximum atomic E-state index is 12.4. The van der Waals surface area contributed by atoms with E-state index in [0.29, 0.717) is 5.69 Å². The summed E-state index contributed by atoms with van der Waals surface area (Å²) < 4.78 is 5.20. The summed E-state index contributed by atoms with van der Waals surface area (Å²) >= 11 is 0. The fraction of sp³-hybridized carbons (Fsp3) is 0.0800. The molecule has 148 valence electrons. The molecule has 0 radical (unpaired) electrons. The lowest BCUT2D eigenvalue weighted by atomic mass is 10.0. The molecule has 1 amide bonds. The van der Waals surface area contributed by atoms with Gasteiger partial charge in [-0.2, -0.15) is 0 Å². The van der Waals surface area contributed by atoms with Crippen LogP contribution in [-0.4, -0.2) is 23.5 Å². The minimum atomic E-state index is -0.473. The second-order valence-electron chi connectivity index (χ2n) is 6.79. The number of anilines is 1. The van der Waals surface area contributed by atoms with Crippen LogP contribution in [0.2, 0.25) is 0 Å². The van der Waals surface area contributed by atoms with Gasteiger partial charge in [0.25, 0.3) is 5.91 Å². The molecule has 0 spiro atoms. The van der Waals surface area contributed by atoms with Crippen LogP contribution in [0.1, 0.15) is 5.56 Å². The number of hydrogen-bond acceptors (Lipinski definition) is 4. The summed E-state index contributed by atoms with van der Waals surface area (Å²) in [4.78, 5) is 29.0. The normalized spacial score (nSPS) is 10.5. The van der Waals surface area contributed by atoms with Crippen LogP contribution in [0, 0.1) is 0 Å². The number of nitrogens with one attached hydrogen (secondary N) is 1. The Hall–Kier alpha value is -3.99. The van der Waals surface area contributed by atoms with Gasteiger partial charge in [0.2, 0.25) is 0 Å². The van der Waals surface area contributed by atoms with Crippen molar-refractivity contribution in [1.29, 1.82) is 0 Å². The van der Waals surface area contributed by atoms with Gasteiger partial charge in [0.1, 0.15) is 0 Å². The van der Waals surface area contributed by atoms with E-state index in [1.54, 1.807) is 6.20 Å². The van der Waals surface area contributed by atoms with E-state index in [9.17, 15) is 9.59 Å². The molecule has 0 aliphatic heterocycles. The van der Waals surface area contributed by atoms with Crippen molar-refractivity contribution in [3.63, 3.8) is 0 Å². The highest BCUT2D eigenvalue weighted by Gasteiger charge is 2.13. The monoisotopic (exact) mass is 396 g/mol. The van der Waals surface area contributed by atoms with Gasteiger partial charge < -0.3 is 10.1 Å². The highest BCUT2D eigenvalue weighted by molar-refractivity contribution is 5.97. The van der Waals surface area contributed by atoms with Gasteiger partial charge in [-0.25, -0.2) is 0 Å². The molecule has 1 heterocycles. The van der Waals surface area contributed by atoms with Gasteiger partial charge in [0.05, 0.1) is 11.9 Å². The maximum absolute atomic E-state index is 12.4. The molecule has 0 atom stereocenters. The molecule has 1 aromatic heterocycles. The Balaban J connectivity index is 1.38. The van der Waals surface area contributed by atoms with Crippen molar-refractivity contribution in [2.45, 2.75) is 6.42 Å². The molecular formula is C25H20N2O3. The van der Waals surface area contributed by atoms with Crippen molar-refractivity contribution in [1.82, 2.24) is 4.98 Å². The highest BCUT2D eigenvalue weighted by Crippen LogP contribution is 2.27. The summed E-state index contributed by atoms with van der Waals surface area (Å²) in [6.45, 7) is -0.347. The third kappa shape index (κ3) is 4.52. The number of para-hydroxylation sites is 2. The number of esters is 1. The molecule has 0 fully saturated rings. The third-order valence-corrected chi connectivity index (χ3v) is 4.70. The molecule has 30 heavy (non-hydrogen) atoms. The number of fused-ring (bicyclic) bond motifs is 1. The Morgan fingerprint density at radius 2 is 1.60 bits per heavy atom. The topological polar surface area (TPSA) is 68.3 Å². The van der Waals surface area contributed by atoms with Crippen LogP contribution in [0.15, 0.2) is 91.1 Å². The van der Waals surface area contributed by atoms with Crippen molar-refractivity contribution >= 4 is 28.5 Å². The molecule has 0 aliphatic rings. The molecule has 0 bridgehead atoms. The van der Waals surface area contributed by atoms with Gasteiger partial charge >= 0.3 is 5.97 Å². The van der Waals surface area contributed by atoms with Gasteiger partial charge in [-0.3, -0.25) is 14.6 Å². The second kappa shape index (κ2) is 9.01. The fourth-order valence-electron chi connectivity index (χ4n) is 3.31. The third-order valence-electron chi connectivity index (χ3n) is 4.70. The molecule has 1 N–H and O–H groups in total. The number of pyridine rings is 1. The Morgan fingerprint density at radius 1 is 0.833 bits per heavy atom. The molecule has 4 rings (SSSR count). The first-order chi connectivity index (χ1) is 14.7. The minimum absolute atomic E-state index is 0.0578. The van der Waals surface area contributed by atoms with Crippen molar-refractivity contribution in [2.75, 3.05) is 11.9 Å². The zero-order valence-corrected chi connectivity index (χ0v) is 16.2. The molecule has 5 heteroatoms. The minimum Gasteiger partial charge on any atom is -0.455 e. The number of benzene rings is 3. The van der Waals surface area contributed by atoms with Crippen molar-refractivity contribution < 1.29 is 14.3 Å². The Morgan fingerprint density at radius 3 is 2.47 bits per heavy atom. The maximum Gasteiger partial charge on any atom is 0.310 e. The second-order valence-corrected chi connectivity index (χ2v) is 6.79. The van der Waals surface area contributed by atoms with Gasteiger partial charge in [0.15, 0.2) is 6.61 Å². The standard InChI is InChI=1S/C25H20N2O3/c28-23(27-22-14-5-4-13-21(22)18-8-2-1-3-9-18)17-30-24(29)16-20-11-6-10-19-12-7-15-26-25(19)20/h1-15H,16-17H2,(H,27,28). The fourth-order valence-corrected chi connectivity index (χ4v) is 3.31. The first-order valence-electron chi connectivity index (χ1n) is 9.63. The number of aromatic nitrogens is 1. The zero-order valence-electron chi connectivity index (χ0n) is 16.2. The average Bonchev–Trinajstić information content (AvgIpc) is 2.79. The van der Waals surface area contributed by atoms with Gasteiger partial charge in [0, 0.05) is 22.8 Å². The van der Waals surface area contributed by atoms with Crippen LogP contribution < -0.4 is 5.32 Å². The predicted octanol–water partition coefficient (Wildman–Crippen LogP) is 4.63. The van der Waals surface area contributed by atoms with Crippen LogP contribution in [-0.2, 0) is 20.7 Å². The quantitative estimate of drug-likeness (QED) is 0.483. The lowest BCUT2D eigenvalue weighted by molar-refractivity contribution is -0.146. The SMILES string of the molecule is O=C(COC(=O)Cc1cccc2cccnc12)Nc1ccccc1-c1ccccc1. The van der Waals surface area contributed by atoms with Crippen molar-refractivity contribution in [2.24, 2.45) is 0 Å². The van der Waals surface area contributed by atoms with Gasteiger partial charge in [-0.1, -0.05) is 72.8 Å². The molecule has 3 aromatic carbocycles. The average molecular weight is 396 g/mol. The smallest absolute Gasteiger partial charge is 0.310 e. The number of hydrogen-bond donors (Lipinski definition) is 1. The Bertz CT molecular complexity index is 1180. The van der Waals surface area contributed by atoms with Crippen molar-refractivity contribution in [3.05, 3.63) is 96.7 Å². The number of amides is 1. The van der Waals surface area contributed by atoms with Gasteiger partial charge in [-0.05, 0) is 23.3 Å². The predicted molar refractivity (Wildman–Crippen MR) is 117 cm³/mol. The Labute approximate surface area is 174 Å². The molecule has 0 unspecified atom stereocenters. The van der Waals surface area contributed by atoms with E-state index in [-0.39, 0.29) is 18.9 Å². The van der Waals surface area contributed by atoms with E-state index in [0.717, 1.165) is 27.6 Å². The largest absolute Gasteiger partial charge is 0.455 e. The number of rotatable bonds is 6. The first-order valence-corrected chi connectivity index (χ1v) is 9.63. The van der Waals surface area contributed by atoms with E-state index in [2.05, 4.69) is 10.3 Å². The van der Waals surface area contributed by atoms with Crippen LogP contribution in [0.4, 0.5) is 5.69 Å². The summed E-state index contributed by atoms with van der Waals surface area (Å²) in [6.07, 6.45) is 1.75.